The smallest absolute Gasteiger partial charge is 0.246 e. The van der Waals surface area contributed by atoms with E-state index in [9.17, 15) is 9.90 Å². The number of amides is 1. The van der Waals surface area contributed by atoms with Crippen LogP contribution in [0.1, 0.15) is 11.1 Å². The largest absolute Gasteiger partial charge is 0.507 e. The summed E-state index contributed by atoms with van der Waals surface area (Å²) in [6, 6.07) is 12.5. The van der Waals surface area contributed by atoms with Gasteiger partial charge in [-0.25, -0.2) is 0 Å². The number of anilines is 1. The number of carbonyl (C=O) groups is 1. The topological polar surface area (TPSA) is 61.7 Å². The van der Waals surface area contributed by atoms with Gasteiger partial charge in [0.2, 0.25) is 5.91 Å². The summed E-state index contributed by atoms with van der Waals surface area (Å²) in [6.07, 6.45) is 1.49. The van der Waals surface area contributed by atoms with Crippen molar-refractivity contribution in [3.8, 4) is 5.75 Å². The highest BCUT2D eigenvalue weighted by Crippen LogP contribution is 2.19. The number of carbonyl (C=O) groups excluding carboxylic acids is 1. The molecule has 5 heteroatoms. The minimum Gasteiger partial charge on any atom is -0.507 e. The van der Waals surface area contributed by atoms with Crippen LogP contribution in [0.5, 0.6) is 5.75 Å². The molecule has 2 N–H and O–H groups in total. The summed E-state index contributed by atoms with van der Waals surface area (Å²) in [7, 11) is 0. The van der Waals surface area contributed by atoms with E-state index >= 15 is 0 Å². The van der Waals surface area contributed by atoms with Gasteiger partial charge >= 0.3 is 0 Å². The number of hydrogen-bond donors (Lipinski definition) is 2. The Bertz CT molecular complexity index is 684. The maximum Gasteiger partial charge on any atom is 0.246 e. The number of hydrogen-bond acceptors (Lipinski definition) is 3. The van der Waals surface area contributed by atoms with Crippen molar-refractivity contribution in [2.75, 3.05) is 11.9 Å². The predicted octanol–water partition coefficient (Wildman–Crippen LogP) is 3.52. The molecule has 4 nitrogen and oxygen atoms in total. The molecule has 0 radical (unpaired) electrons. The minimum atomic E-state index is -0.202. The molecule has 0 aliphatic rings. The molecular formula is C16H15BrN2O2. The predicted molar refractivity (Wildman–Crippen MR) is 88.1 cm³/mol. The lowest BCUT2D eigenvalue weighted by molar-refractivity contribution is -0.114. The standard InChI is InChI=1S/C16H15BrN2O2/c1-11-8-13(17)6-7-14(11)19-16(21)10-18-9-12-4-2-3-5-15(12)20/h2-9,20H,10H2,1H3,(H,19,21). The van der Waals surface area contributed by atoms with Crippen LogP contribution in [0.2, 0.25) is 0 Å². The van der Waals surface area contributed by atoms with Crippen LogP contribution in [0.25, 0.3) is 0 Å². The van der Waals surface area contributed by atoms with E-state index in [0.717, 1.165) is 15.7 Å². The molecule has 0 atom stereocenters. The van der Waals surface area contributed by atoms with E-state index in [4.69, 9.17) is 0 Å². The summed E-state index contributed by atoms with van der Waals surface area (Å²) in [6.45, 7) is 1.93. The summed E-state index contributed by atoms with van der Waals surface area (Å²) in [5.74, 6) is -0.0579. The van der Waals surface area contributed by atoms with Crippen molar-refractivity contribution in [1.29, 1.82) is 0 Å². The highest BCUT2D eigenvalue weighted by molar-refractivity contribution is 9.10. The Morgan fingerprint density at radius 3 is 2.81 bits per heavy atom. The molecule has 0 aliphatic heterocycles. The number of halogens is 1. The third-order valence-electron chi connectivity index (χ3n) is 2.86. The van der Waals surface area contributed by atoms with Crippen LogP contribution in [0.4, 0.5) is 5.69 Å². The minimum absolute atomic E-state index is 0.00381. The van der Waals surface area contributed by atoms with Gasteiger partial charge in [0.05, 0.1) is 0 Å². The fourth-order valence-electron chi connectivity index (χ4n) is 1.78. The number of phenols is 1. The zero-order valence-corrected chi connectivity index (χ0v) is 13.1. The first-order valence-corrected chi connectivity index (χ1v) is 7.19. The monoisotopic (exact) mass is 346 g/mol. The Kier molecular flexibility index (Phi) is 5.11. The van der Waals surface area contributed by atoms with Crippen molar-refractivity contribution in [3.63, 3.8) is 0 Å². The number of aryl methyl sites for hydroxylation is 1. The molecule has 1 amide bonds. The Morgan fingerprint density at radius 1 is 1.33 bits per heavy atom. The van der Waals surface area contributed by atoms with E-state index < -0.39 is 0 Å². The van der Waals surface area contributed by atoms with Crippen LogP contribution in [-0.4, -0.2) is 23.8 Å². The van der Waals surface area contributed by atoms with Gasteiger partial charge in [0, 0.05) is 21.9 Å². The van der Waals surface area contributed by atoms with Crippen molar-refractivity contribution < 1.29 is 9.90 Å². The van der Waals surface area contributed by atoms with Crippen LogP contribution >= 0.6 is 15.9 Å². The van der Waals surface area contributed by atoms with Gasteiger partial charge in [-0.1, -0.05) is 28.1 Å². The molecular weight excluding hydrogens is 332 g/mol. The van der Waals surface area contributed by atoms with Gasteiger partial charge in [-0.05, 0) is 42.8 Å². The van der Waals surface area contributed by atoms with E-state index in [-0.39, 0.29) is 18.2 Å². The molecule has 0 unspecified atom stereocenters. The number of para-hydroxylation sites is 1. The Morgan fingerprint density at radius 2 is 2.10 bits per heavy atom. The van der Waals surface area contributed by atoms with Gasteiger partial charge < -0.3 is 10.4 Å². The number of rotatable bonds is 4. The summed E-state index contributed by atoms with van der Waals surface area (Å²) in [5, 5.41) is 12.4. The molecule has 108 valence electrons. The van der Waals surface area contributed by atoms with Crippen molar-refractivity contribution in [3.05, 3.63) is 58.1 Å². The molecule has 0 bridgehead atoms. The first-order valence-electron chi connectivity index (χ1n) is 6.40. The second kappa shape index (κ2) is 7.04. The van der Waals surface area contributed by atoms with Crippen LogP contribution in [0.3, 0.4) is 0 Å². The number of nitrogens with one attached hydrogen (secondary N) is 1. The molecule has 2 aromatic carbocycles. The first-order chi connectivity index (χ1) is 10.1. The lowest BCUT2D eigenvalue weighted by atomic mass is 10.2. The maximum absolute atomic E-state index is 11.8. The zero-order chi connectivity index (χ0) is 15.2. The van der Waals surface area contributed by atoms with Crippen molar-refractivity contribution in [2.45, 2.75) is 6.92 Å². The SMILES string of the molecule is Cc1cc(Br)ccc1NC(=O)CN=Cc1ccccc1O. The normalized spacial score (nSPS) is 10.8. The van der Waals surface area contributed by atoms with Crippen molar-refractivity contribution in [2.24, 2.45) is 4.99 Å². The highest BCUT2D eigenvalue weighted by atomic mass is 79.9. The van der Waals surface area contributed by atoms with Crippen LogP contribution in [0.15, 0.2) is 51.9 Å². The lowest BCUT2D eigenvalue weighted by Crippen LogP contribution is -2.15. The quantitative estimate of drug-likeness (QED) is 0.832. The van der Waals surface area contributed by atoms with E-state index in [1.807, 2.05) is 25.1 Å². The van der Waals surface area contributed by atoms with Gasteiger partial charge in [0.25, 0.3) is 0 Å². The van der Waals surface area contributed by atoms with Gasteiger partial charge in [-0.3, -0.25) is 9.79 Å². The summed E-state index contributed by atoms with van der Waals surface area (Å²) in [5.41, 5.74) is 2.33. The van der Waals surface area contributed by atoms with Gasteiger partial charge in [-0.15, -0.1) is 0 Å². The van der Waals surface area contributed by atoms with E-state index in [1.165, 1.54) is 6.21 Å². The summed E-state index contributed by atoms with van der Waals surface area (Å²) in [4.78, 5) is 15.9. The maximum atomic E-state index is 11.8. The Balaban J connectivity index is 1.95. The highest BCUT2D eigenvalue weighted by Gasteiger charge is 2.04. The summed E-state index contributed by atoms with van der Waals surface area (Å²) >= 11 is 3.38. The fourth-order valence-corrected chi connectivity index (χ4v) is 2.26. The fraction of sp³-hybridized carbons (Fsp3) is 0.125. The summed E-state index contributed by atoms with van der Waals surface area (Å²) < 4.78 is 0.968. The van der Waals surface area contributed by atoms with Crippen LogP contribution in [-0.2, 0) is 4.79 Å². The van der Waals surface area contributed by atoms with Gasteiger partial charge in [0.1, 0.15) is 12.3 Å². The second-order valence-corrected chi connectivity index (χ2v) is 5.45. The third kappa shape index (κ3) is 4.43. The molecule has 0 heterocycles. The number of aromatic hydroxyl groups is 1. The average Bonchev–Trinajstić information content (AvgIpc) is 2.44. The first kappa shape index (κ1) is 15.3. The molecule has 0 saturated heterocycles. The molecule has 0 fully saturated rings. The van der Waals surface area contributed by atoms with E-state index in [2.05, 4.69) is 26.2 Å². The zero-order valence-electron chi connectivity index (χ0n) is 11.5. The number of aliphatic imine (C=N–C) groups is 1. The van der Waals surface area contributed by atoms with E-state index in [0.29, 0.717) is 5.56 Å². The molecule has 21 heavy (non-hydrogen) atoms. The third-order valence-corrected chi connectivity index (χ3v) is 3.36. The van der Waals surface area contributed by atoms with Gasteiger partial charge in [0.15, 0.2) is 0 Å². The Hall–Kier alpha value is -2.14. The number of benzene rings is 2. The molecule has 0 aliphatic carbocycles. The van der Waals surface area contributed by atoms with Crippen LogP contribution < -0.4 is 5.32 Å². The molecule has 0 saturated carbocycles. The van der Waals surface area contributed by atoms with Crippen molar-refractivity contribution >= 4 is 33.7 Å². The number of nitrogens with zero attached hydrogens (tertiary/aromatic N) is 1. The molecule has 0 spiro atoms. The van der Waals surface area contributed by atoms with E-state index in [1.54, 1.807) is 24.3 Å². The number of phenolic OH excluding ortho intramolecular Hbond substituents is 1. The lowest BCUT2D eigenvalue weighted by Gasteiger charge is -2.07. The molecule has 2 rings (SSSR count). The van der Waals surface area contributed by atoms with Crippen molar-refractivity contribution in [1.82, 2.24) is 0 Å². The Labute approximate surface area is 131 Å². The van der Waals surface area contributed by atoms with Gasteiger partial charge in [-0.2, -0.15) is 0 Å². The average molecular weight is 347 g/mol. The molecule has 2 aromatic rings. The molecule has 0 aromatic heterocycles. The second-order valence-electron chi connectivity index (χ2n) is 4.54. The van der Waals surface area contributed by atoms with Crippen LogP contribution in [0, 0.1) is 6.92 Å².